The van der Waals surface area contributed by atoms with E-state index in [-0.39, 0.29) is 0 Å². The summed E-state index contributed by atoms with van der Waals surface area (Å²) in [5, 5.41) is -5.48. The number of alkyl halides is 4. The third kappa shape index (κ3) is 5.62. The Morgan fingerprint density at radius 2 is 1.95 bits per heavy atom. The van der Waals surface area contributed by atoms with Crippen LogP contribution < -0.4 is 4.57 Å². The monoisotopic (exact) mass is 334 g/mol. The smallest absolute Gasteiger partial charge is 0.393 e. The lowest BCUT2D eigenvalue weighted by Crippen LogP contribution is -2.36. The molecule has 5 nitrogen and oxygen atoms in total. The number of aryl methyl sites for hydroxylation is 2. The number of rotatable bonds is 5. The van der Waals surface area contributed by atoms with Crippen LogP contribution in [0, 0.1) is 6.92 Å². The van der Waals surface area contributed by atoms with Crippen molar-refractivity contribution in [2.24, 2.45) is 7.05 Å². The van der Waals surface area contributed by atoms with Crippen LogP contribution in [0.1, 0.15) is 31.3 Å². The zero-order chi connectivity index (χ0) is 16.8. The summed E-state index contributed by atoms with van der Waals surface area (Å²) >= 11 is 0. The molecule has 0 spiro atoms. The molecule has 10 heteroatoms. The van der Waals surface area contributed by atoms with Crippen molar-refractivity contribution in [2.75, 3.05) is 0 Å². The van der Waals surface area contributed by atoms with Gasteiger partial charge < -0.3 is 4.55 Å². The Labute approximate surface area is 120 Å². The van der Waals surface area contributed by atoms with Crippen LogP contribution >= 0.6 is 0 Å². The summed E-state index contributed by atoms with van der Waals surface area (Å²) < 4.78 is 74.9. The van der Waals surface area contributed by atoms with Gasteiger partial charge in [-0.25, -0.2) is 26.7 Å². The maximum atomic E-state index is 11.4. The normalized spacial score (nSPS) is 12.2. The minimum Gasteiger partial charge on any atom is -0.743 e. The zero-order valence-electron chi connectivity index (χ0n) is 11.9. The van der Waals surface area contributed by atoms with Gasteiger partial charge in [-0.2, -0.15) is 8.78 Å². The van der Waals surface area contributed by atoms with Crippen LogP contribution in [0.2, 0.25) is 0 Å². The number of unbranched alkanes of at least 4 members (excludes halogenated alkanes) is 1. The molecule has 21 heavy (non-hydrogen) atoms. The first kappa shape index (κ1) is 19.8. The zero-order valence-corrected chi connectivity index (χ0v) is 12.7. The molecule has 0 aromatic carbocycles. The molecule has 0 bridgehead atoms. The Balaban J connectivity index is 0.000000384. The van der Waals surface area contributed by atoms with Crippen LogP contribution in [0.25, 0.3) is 0 Å². The highest BCUT2D eigenvalue weighted by molar-refractivity contribution is 7.86. The van der Waals surface area contributed by atoms with Gasteiger partial charge in [0.15, 0.2) is 10.1 Å². The maximum Gasteiger partial charge on any atom is 0.393 e. The van der Waals surface area contributed by atoms with E-state index in [1.165, 1.54) is 30.8 Å². The van der Waals surface area contributed by atoms with Crippen molar-refractivity contribution in [2.45, 2.75) is 44.8 Å². The molecule has 0 aliphatic rings. The van der Waals surface area contributed by atoms with Gasteiger partial charge in [-0.3, -0.25) is 0 Å². The molecule has 0 saturated heterocycles. The lowest BCUT2D eigenvalue weighted by atomic mass is 10.2. The fraction of sp³-hybridized carbons (Fsp3) is 0.727. The van der Waals surface area contributed by atoms with E-state index in [9.17, 15) is 30.5 Å². The van der Waals surface area contributed by atoms with Crippen molar-refractivity contribution < 1.29 is 35.1 Å². The summed E-state index contributed by atoms with van der Waals surface area (Å²) in [4.78, 5) is 3.21. The van der Waals surface area contributed by atoms with Gasteiger partial charge in [0.25, 0.3) is 5.82 Å². The minimum atomic E-state index is -6.23. The SMILES string of the molecule is CCCCc1c[nH]c(C)[n+]1C.O=S(=O)([O-])C(F)(F)C(F)F. The van der Waals surface area contributed by atoms with Crippen LogP contribution in [0.4, 0.5) is 17.6 Å². The van der Waals surface area contributed by atoms with Gasteiger partial charge >= 0.3 is 11.7 Å². The summed E-state index contributed by atoms with van der Waals surface area (Å²) in [6.45, 7) is 4.31. The quantitative estimate of drug-likeness (QED) is 0.507. The largest absolute Gasteiger partial charge is 0.743 e. The van der Waals surface area contributed by atoms with E-state index in [4.69, 9.17) is 0 Å². The van der Waals surface area contributed by atoms with Gasteiger partial charge in [0, 0.05) is 13.3 Å². The molecule has 0 atom stereocenters. The molecule has 1 heterocycles. The number of hydrogen-bond donors (Lipinski definition) is 1. The standard InChI is InChI=1S/C9H16N2.C2H2F4O3S/c1-4-5-6-9-7-10-8(2)11(9)3;3-1(4)2(5,6)10(7,8)9/h7H,4-6H2,1-3H3;1H,(H,7,8,9). The van der Waals surface area contributed by atoms with Crippen LogP contribution in [0.15, 0.2) is 6.20 Å². The molecule has 0 amide bonds. The lowest BCUT2D eigenvalue weighted by molar-refractivity contribution is -0.683. The van der Waals surface area contributed by atoms with E-state index in [1.807, 2.05) is 0 Å². The second-order valence-corrected chi connectivity index (χ2v) is 5.80. The predicted molar refractivity (Wildman–Crippen MR) is 66.0 cm³/mol. The average molecular weight is 334 g/mol. The fourth-order valence-corrected chi connectivity index (χ4v) is 1.52. The molecular weight excluding hydrogens is 316 g/mol. The summed E-state index contributed by atoms with van der Waals surface area (Å²) in [5.41, 5.74) is 1.41. The second-order valence-electron chi connectivity index (χ2n) is 4.34. The van der Waals surface area contributed by atoms with Gasteiger partial charge in [-0.1, -0.05) is 13.3 Å². The van der Waals surface area contributed by atoms with E-state index in [0.717, 1.165) is 0 Å². The van der Waals surface area contributed by atoms with Crippen molar-refractivity contribution >= 4 is 10.1 Å². The van der Waals surface area contributed by atoms with Gasteiger partial charge in [0.2, 0.25) is 0 Å². The van der Waals surface area contributed by atoms with Crippen LogP contribution in [0.3, 0.4) is 0 Å². The number of imidazole rings is 1. The van der Waals surface area contributed by atoms with Gasteiger partial charge in [-0.05, 0) is 6.42 Å². The van der Waals surface area contributed by atoms with E-state index in [1.54, 1.807) is 0 Å². The number of nitrogens with zero attached hydrogens (tertiary/aromatic N) is 1. The van der Waals surface area contributed by atoms with Crippen LogP contribution in [0.5, 0.6) is 0 Å². The highest BCUT2D eigenvalue weighted by Gasteiger charge is 2.48. The fourth-order valence-electron chi connectivity index (χ4n) is 1.30. The molecule has 0 unspecified atom stereocenters. The average Bonchev–Trinajstić information content (AvgIpc) is 2.67. The van der Waals surface area contributed by atoms with E-state index in [2.05, 4.69) is 36.6 Å². The molecule has 1 aromatic rings. The second kappa shape index (κ2) is 7.74. The van der Waals surface area contributed by atoms with Crippen molar-refractivity contribution in [3.05, 3.63) is 17.7 Å². The molecular formula is C11H18F4N2O3S. The first-order chi connectivity index (χ1) is 9.45. The minimum absolute atomic E-state index is 1.19. The molecule has 0 aliphatic heterocycles. The summed E-state index contributed by atoms with van der Waals surface area (Å²) in [7, 11) is -4.13. The summed E-state index contributed by atoms with van der Waals surface area (Å²) in [6.07, 6.45) is 1.37. The van der Waals surface area contributed by atoms with E-state index in [0.29, 0.717) is 0 Å². The Bertz CT molecular complexity index is 544. The van der Waals surface area contributed by atoms with Gasteiger partial charge in [0.05, 0.1) is 7.05 Å². The molecule has 1 N–H and O–H groups in total. The first-order valence-electron chi connectivity index (χ1n) is 6.09. The number of hydrogen-bond acceptors (Lipinski definition) is 3. The highest BCUT2D eigenvalue weighted by Crippen LogP contribution is 2.27. The summed E-state index contributed by atoms with van der Waals surface area (Å²) in [5.74, 6) is 1.23. The Hall–Kier alpha value is -1.16. The molecule has 1 rings (SSSR count). The number of H-pyrrole nitrogens is 1. The Morgan fingerprint density at radius 3 is 2.19 bits per heavy atom. The van der Waals surface area contributed by atoms with Crippen molar-refractivity contribution in [3.63, 3.8) is 0 Å². The number of aromatic amines is 1. The third-order valence-electron chi connectivity index (χ3n) is 2.76. The number of nitrogens with one attached hydrogen (secondary N) is 1. The molecule has 0 saturated carbocycles. The Kier molecular flexibility index (Phi) is 7.31. The van der Waals surface area contributed by atoms with Gasteiger partial charge in [0.1, 0.15) is 11.9 Å². The molecule has 0 radical (unpaired) electrons. The predicted octanol–water partition coefficient (Wildman–Crippen LogP) is 1.88. The summed E-state index contributed by atoms with van der Waals surface area (Å²) in [6, 6.07) is 0. The highest BCUT2D eigenvalue weighted by atomic mass is 32.2. The molecule has 124 valence electrons. The van der Waals surface area contributed by atoms with Crippen LogP contribution in [-0.2, 0) is 23.6 Å². The van der Waals surface area contributed by atoms with Crippen molar-refractivity contribution in [1.82, 2.24) is 4.98 Å². The van der Waals surface area contributed by atoms with Crippen molar-refractivity contribution in [3.8, 4) is 0 Å². The molecule has 1 aromatic heterocycles. The molecule has 0 fully saturated rings. The maximum absolute atomic E-state index is 11.4. The first-order valence-corrected chi connectivity index (χ1v) is 7.50. The van der Waals surface area contributed by atoms with Crippen LogP contribution in [-0.4, -0.2) is 29.6 Å². The van der Waals surface area contributed by atoms with Gasteiger partial charge in [-0.15, -0.1) is 0 Å². The van der Waals surface area contributed by atoms with E-state index >= 15 is 0 Å². The van der Waals surface area contributed by atoms with E-state index < -0.39 is 21.8 Å². The Morgan fingerprint density at radius 1 is 1.43 bits per heavy atom. The van der Waals surface area contributed by atoms with Crippen molar-refractivity contribution in [1.29, 1.82) is 0 Å². The molecule has 0 aliphatic carbocycles. The lowest BCUT2D eigenvalue weighted by Gasteiger charge is -2.17. The topological polar surface area (TPSA) is 76.9 Å². The third-order valence-corrected chi connectivity index (χ3v) is 3.60. The number of halogens is 4. The number of aromatic nitrogens is 2.